The summed E-state index contributed by atoms with van der Waals surface area (Å²) in [5.74, 6) is 0. The molecule has 0 heterocycles. The first-order valence-corrected chi connectivity index (χ1v) is 6.38. The summed E-state index contributed by atoms with van der Waals surface area (Å²) in [5, 5.41) is 12.3. The highest BCUT2D eigenvalue weighted by Gasteiger charge is 2.04. The van der Waals surface area contributed by atoms with Gasteiger partial charge in [0.2, 0.25) is 0 Å². The Morgan fingerprint density at radius 3 is 2.80 bits per heavy atom. The molecule has 0 aromatic heterocycles. The molecule has 3 N–H and O–H groups in total. The van der Waals surface area contributed by atoms with Crippen LogP contribution in [0.15, 0.2) is 42.5 Å². The molecule has 0 fully saturated rings. The second-order valence-corrected chi connectivity index (χ2v) is 4.44. The van der Waals surface area contributed by atoms with Gasteiger partial charge in [-0.05, 0) is 36.2 Å². The van der Waals surface area contributed by atoms with Crippen LogP contribution in [0.2, 0.25) is 0 Å². The first-order chi connectivity index (χ1) is 9.74. The van der Waals surface area contributed by atoms with E-state index in [0.29, 0.717) is 17.9 Å². The van der Waals surface area contributed by atoms with E-state index in [9.17, 15) is 0 Å². The third-order valence-electron chi connectivity index (χ3n) is 3.05. The number of nitrogens with zero attached hydrogens (tertiary/aromatic N) is 1. The zero-order valence-electron chi connectivity index (χ0n) is 11.4. The molecule has 0 unspecified atom stereocenters. The average molecular weight is 267 g/mol. The van der Waals surface area contributed by atoms with E-state index in [4.69, 9.17) is 15.7 Å². The van der Waals surface area contributed by atoms with Gasteiger partial charge in [-0.2, -0.15) is 5.26 Å². The Morgan fingerprint density at radius 2 is 2.05 bits per heavy atom. The Hall–Kier alpha value is -2.51. The van der Waals surface area contributed by atoms with Gasteiger partial charge in [0, 0.05) is 24.2 Å². The maximum absolute atomic E-state index is 9.01. The van der Waals surface area contributed by atoms with Gasteiger partial charge in [-0.3, -0.25) is 0 Å². The molecule has 4 nitrogen and oxygen atoms in total. The number of nitriles is 1. The fourth-order valence-corrected chi connectivity index (χ4v) is 1.96. The molecular formula is C16H17N3O. The second-order valence-electron chi connectivity index (χ2n) is 4.44. The lowest BCUT2D eigenvalue weighted by molar-refractivity contribution is 0.202. The second kappa shape index (κ2) is 6.60. The molecule has 0 radical (unpaired) electrons. The predicted octanol–water partition coefficient (Wildman–Crippen LogP) is 3.07. The summed E-state index contributed by atoms with van der Waals surface area (Å²) in [4.78, 5) is 0. The molecule has 0 amide bonds. The third-order valence-corrected chi connectivity index (χ3v) is 3.05. The number of hydrogen-bond acceptors (Lipinski definition) is 4. The summed E-state index contributed by atoms with van der Waals surface area (Å²) in [6, 6.07) is 15.5. The lowest BCUT2D eigenvalue weighted by atomic mass is 10.1. The van der Waals surface area contributed by atoms with Gasteiger partial charge in [-0.25, -0.2) is 0 Å². The molecule has 0 atom stereocenters. The average Bonchev–Trinajstić information content (AvgIpc) is 2.48. The molecule has 2 aromatic rings. The number of ether oxygens (including phenoxy) is 1. The number of para-hydroxylation sites is 1. The summed E-state index contributed by atoms with van der Waals surface area (Å²) in [6.07, 6.45) is 0.833. The van der Waals surface area contributed by atoms with Gasteiger partial charge in [0.1, 0.15) is 6.07 Å². The van der Waals surface area contributed by atoms with Crippen molar-refractivity contribution in [2.24, 2.45) is 0 Å². The van der Waals surface area contributed by atoms with Crippen molar-refractivity contribution in [3.63, 3.8) is 0 Å². The smallest absolute Gasteiger partial charge is 0.101 e. The Labute approximate surface area is 118 Å². The molecule has 102 valence electrons. The van der Waals surface area contributed by atoms with Gasteiger partial charge < -0.3 is 15.8 Å². The van der Waals surface area contributed by atoms with Crippen LogP contribution in [-0.4, -0.2) is 13.7 Å². The Bertz CT molecular complexity index is 632. The normalized spacial score (nSPS) is 10.0. The van der Waals surface area contributed by atoms with Gasteiger partial charge in [0.05, 0.1) is 12.2 Å². The van der Waals surface area contributed by atoms with Crippen molar-refractivity contribution in [3.8, 4) is 6.07 Å². The zero-order valence-corrected chi connectivity index (χ0v) is 11.4. The molecular weight excluding hydrogens is 250 g/mol. The lowest BCUT2D eigenvalue weighted by Gasteiger charge is -2.12. The van der Waals surface area contributed by atoms with Crippen molar-refractivity contribution in [2.45, 2.75) is 6.42 Å². The number of methoxy groups -OCH3 is 1. The number of rotatable bonds is 5. The van der Waals surface area contributed by atoms with Gasteiger partial charge in [0.15, 0.2) is 0 Å². The van der Waals surface area contributed by atoms with Crippen LogP contribution in [0.5, 0.6) is 0 Å². The van der Waals surface area contributed by atoms with Gasteiger partial charge in [-0.1, -0.05) is 18.2 Å². The van der Waals surface area contributed by atoms with Crippen molar-refractivity contribution in [3.05, 3.63) is 53.6 Å². The van der Waals surface area contributed by atoms with Gasteiger partial charge in [-0.15, -0.1) is 0 Å². The molecule has 0 spiro atoms. The lowest BCUT2D eigenvalue weighted by Crippen LogP contribution is -2.00. The summed E-state index contributed by atoms with van der Waals surface area (Å²) in [6.45, 7) is 0.671. The molecule has 2 aromatic carbocycles. The minimum atomic E-state index is 0.476. The Balaban J connectivity index is 2.24. The highest BCUT2D eigenvalue weighted by molar-refractivity contribution is 5.68. The van der Waals surface area contributed by atoms with Crippen LogP contribution >= 0.6 is 0 Å². The Kier molecular flexibility index (Phi) is 4.59. The van der Waals surface area contributed by atoms with Gasteiger partial charge in [0.25, 0.3) is 0 Å². The van der Waals surface area contributed by atoms with Crippen LogP contribution < -0.4 is 11.1 Å². The van der Waals surface area contributed by atoms with E-state index in [-0.39, 0.29) is 0 Å². The molecule has 0 aliphatic heterocycles. The van der Waals surface area contributed by atoms with Crippen molar-refractivity contribution in [1.82, 2.24) is 0 Å². The highest BCUT2D eigenvalue weighted by Crippen LogP contribution is 2.24. The van der Waals surface area contributed by atoms with Crippen LogP contribution in [0.4, 0.5) is 17.1 Å². The Morgan fingerprint density at radius 1 is 1.25 bits per heavy atom. The van der Waals surface area contributed by atoms with Crippen molar-refractivity contribution in [1.29, 1.82) is 5.26 Å². The zero-order chi connectivity index (χ0) is 14.4. The van der Waals surface area contributed by atoms with Crippen molar-refractivity contribution < 1.29 is 4.74 Å². The first-order valence-electron chi connectivity index (χ1n) is 6.38. The number of nitrogen functional groups attached to an aromatic ring is 1. The van der Waals surface area contributed by atoms with Crippen molar-refractivity contribution in [2.75, 3.05) is 24.8 Å². The molecule has 2 rings (SSSR count). The van der Waals surface area contributed by atoms with E-state index < -0.39 is 0 Å². The molecule has 0 aliphatic rings. The van der Waals surface area contributed by atoms with E-state index in [1.54, 1.807) is 19.2 Å². The molecule has 0 saturated heterocycles. The van der Waals surface area contributed by atoms with E-state index in [1.807, 2.05) is 24.3 Å². The standard InChI is InChI=1S/C16H17N3O/c1-20-9-8-12-4-2-3-5-16(12)19-14-6-7-15(18)13(10-14)11-17/h2-7,10,19H,8-9,18H2,1H3. The summed E-state index contributed by atoms with van der Waals surface area (Å²) in [5.41, 5.74) is 9.72. The van der Waals surface area contributed by atoms with Crippen LogP contribution in [0, 0.1) is 11.3 Å². The van der Waals surface area contributed by atoms with E-state index >= 15 is 0 Å². The first kappa shape index (κ1) is 13.9. The topological polar surface area (TPSA) is 71.1 Å². The third kappa shape index (κ3) is 3.28. The summed E-state index contributed by atoms with van der Waals surface area (Å²) < 4.78 is 5.12. The highest BCUT2D eigenvalue weighted by atomic mass is 16.5. The minimum absolute atomic E-state index is 0.476. The quantitative estimate of drug-likeness (QED) is 0.817. The summed E-state index contributed by atoms with van der Waals surface area (Å²) >= 11 is 0. The monoisotopic (exact) mass is 267 g/mol. The van der Waals surface area contributed by atoms with E-state index in [1.165, 1.54) is 5.56 Å². The fourth-order valence-electron chi connectivity index (χ4n) is 1.96. The van der Waals surface area contributed by atoms with Crippen molar-refractivity contribution >= 4 is 17.1 Å². The predicted molar refractivity (Wildman–Crippen MR) is 80.9 cm³/mol. The van der Waals surface area contributed by atoms with Crippen LogP contribution in [0.25, 0.3) is 0 Å². The van der Waals surface area contributed by atoms with Crippen LogP contribution in [-0.2, 0) is 11.2 Å². The van der Waals surface area contributed by atoms with E-state index in [0.717, 1.165) is 17.8 Å². The fraction of sp³-hybridized carbons (Fsp3) is 0.188. The van der Waals surface area contributed by atoms with Crippen LogP contribution in [0.1, 0.15) is 11.1 Å². The van der Waals surface area contributed by atoms with Gasteiger partial charge >= 0.3 is 0 Å². The summed E-state index contributed by atoms with van der Waals surface area (Å²) in [7, 11) is 1.69. The molecule has 4 heteroatoms. The number of nitrogens with one attached hydrogen (secondary N) is 1. The molecule has 0 aliphatic carbocycles. The van der Waals surface area contributed by atoms with E-state index in [2.05, 4.69) is 17.5 Å². The number of nitrogens with two attached hydrogens (primary N) is 1. The van der Waals surface area contributed by atoms with Crippen LogP contribution in [0.3, 0.4) is 0 Å². The number of hydrogen-bond donors (Lipinski definition) is 2. The largest absolute Gasteiger partial charge is 0.398 e. The number of anilines is 3. The number of benzene rings is 2. The SMILES string of the molecule is COCCc1ccccc1Nc1ccc(N)c(C#N)c1. The molecule has 0 bridgehead atoms. The molecule has 0 saturated carbocycles. The maximum atomic E-state index is 9.01. The maximum Gasteiger partial charge on any atom is 0.101 e. The minimum Gasteiger partial charge on any atom is -0.398 e. The molecule has 20 heavy (non-hydrogen) atoms.